The molecule has 0 bridgehead atoms. The molecule has 0 aliphatic heterocycles. The van der Waals surface area contributed by atoms with Crippen LogP contribution in [-0.2, 0) is 42.8 Å². The van der Waals surface area contributed by atoms with Gasteiger partial charge in [0.05, 0.1) is 13.2 Å². The maximum atomic E-state index is 12.8. The van der Waals surface area contributed by atoms with E-state index in [4.69, 9.17) is 28.4 Å². The van der Waals surface area contributed by atoms with Crippen LogP contribution in [-0.4, -0.2) is 76.5 Å². The second kappa shape index (κ2) is 16.2. The fraction of sp³-hybridized carbons (Fsp3) is 0.848. The number of ether oxygens (including phenoxy) is 6. The number of ketones is 3. The van der Waals surface area contributed by atoms with E-state index in [0.29, 0.717) is 12.8 Å². The van der Waals surface area contributed by atoms with Crippen LogP contribution in [0.2, 0.25) is 0 Å². The number of hydrogen-bond acceptors (Lipinski definition) is 11. The van der Waals surface area contributed by atoms with Crippen molar-refractivity contribution in [3.05, 3.63) is 0 Å². The molecule has 0 amide bonds. The largest absolute Gasteiger partial charge is 0.509 e. The molecule has 0 saturated carbocycles. The van der Waals surface area contributed by atoms with Gasteiger partial charge in [-0.15, -0.1) is 0 Å². The molecule has 0 aromatic carbocycles. The summed E-state index contributed by atoms with van der Waals surface area (Å²) in [6.07, 6.45) is -0.966. The molecule has 44 heavy (non-hydrogen) atoms. The van der Waals surface area contributed by atoms with Crippen molar-refractivity contribution in [2.75, 3.05) is 13.2 Å². The van der Waals surface area contributed by atoms with Gasteiger partial charge in [-0.25, -0.2) is 9.59 Å². The van der Waals surface area contributed by atoms with E-state index in [0.717, 1.165) is 0 Å². The van der Waals surface area contributed by atoms with Gasteiger partial charge >= 0.3 is 12.3 Å². The third kappa shape index (κ3) is 19.0. The van der Waals surface area contributed by atoms with Crippen molar-refractivity contribution >= 4 is 29.7 Å². The summed E-state index contributed by atoms with van der Waals surface area (Å²) in [6, 6.07) is 0. The predicted molar refractivity (Wildman–Crippen MR) is 166 cm³/mol. The summed E-state index contributed by atoms with van der Waals surface area (Å²) in [7, 11) is 0. The quantitative estimate of drug-likeness (QED) is 0.143. The minimum atomic E-state index is -1.14. The monoisotopic (exact) mass is 630 g/mol. The van der Waals surface area contributed by atoms with Gasteiger partial charge in [0.2, 0.25) is 0 Å². The molecule has 0 heterocycles. The highest BCUT2D eigenvalue weighted by Crippen LogP contribution is 2.23. The summed E-state index contributed by atoms with van der Waals surface area (Å²) >= 11 is 0. The van der Waals surface area contributed by atoms with Crippen molar-refractivity contribution in [2.45, 2.75) is 169 Å². The first-order valence-corrected chi connectivity index (χ1v) is 15.3. The van der Waals surface area contributed by atoms with E-state index in [1.54, 1.807) is 96.9 Å². The van der Waals surface area contributed by atoms with Crippen molar-refractivity contribution in [1.82, 2.24) is 0 Å². The molecule has 11 nitrogen and oxygen atoms in total. The fourth-order valence-corrected chi connectivity index (χ4v) is 3.59. The molecule has 0 N–H and O–H groups in total. The average molecular weight is 631 g/mol. The molecule has 0 spiro atoms. The third-order valence-corrected chi connectivity index (χ3v) is 6.44. The Morgan fingerprint density at radius 3 is 1.00 bits per heavy atom. The average Bonchev–Trinajstić information content (AvgIpc) is 2.76. The first kappa shape index (κ1) is 41.5. The summed E-state index contributed by atoms with van der Waals surface area (Å²) in [6.45, 7) is 24.2. The molecular formula is C33H58O11. The van der Waals surface area contributed by atoms with Gasteiger partial charge in [0.15, 0.2) is 11.6 Å². The number of hydrogen-bond donors (Lipinski definition) is 0. The summed E-state index contributed by atoms with van der Waals surface area (Å²) < 4.78 is 32.7. The molecular weight excluding hydrogens is 572 g/mol. The molecule has 256 valence electrons. The van der Waals surface area contributed by atoms with Crippen molar-refractivity contribution in [3.8, 4) is 0 Å². The van der Waals surface area contributed by atoms with Gasteiger partial charge in [0, 0.05) is 38.5 Å². The Hall–Kier alpha value is -2.53. The number of carbonyl (C=O) groups excluding carboxylic acids is 5. The van der Waals surface area contributed by atoms with Crippen LogP contribution in [0, 0.1) is 0 Å². The summed E-state index contributed by atoms with van der Waals surface area (Å²) in [4.78, 5) is 62.0. The van der Waals surface area contributed by atoms with Gasteiger partial charge in [-0.2, -0.15) is 0 Å². The lowest BCUT2D eigenvalue weighted by molar-refractivity contribution is -0.144. The van der Waals surface area contributed by atoms with Gasteiger partial charge < -0.3 is 28.4 Å². The SMILES string of the molecule is CC(C)(C)OC(=O)OC(C)(C)CCOC(C)(C)C(=O)CCC(=O)CCC(=O)C(C)(C)OCCC(C)(C)OC(=O)OC(C)(C)C. The van der Waals surface area contributed by atoms with Crippen LogP contribution >= 0.6 is 0 Å². The molecule has 0 atom stereocenters. The van der Waals surface area contributed by atoms with E-state index in [2.05, 4.69) is 0 Å². The maximum absolute atomic E-state index is 12.8. The first-order valence-electron chi connectivity index (χ1n) is 15.3. The highest BCUT2D eigenvalue weighted by molar-refractivity contribution is 5.93. The smallest absolute Gasteiger partial charge is 0.429 e. The van der Waals surface area contributed by atoms with Crippen LogP contribution in [0.4, 0.5) is 9.59 Å². The Kier molecular flexibility index (Phi) is 15.2. The molecule has 0 fully saturated rings. The standard InChI is InChI=1S/C33H58O11/c1-28(2,3)41-26(37)43-30(7,8)19-21-39-32(11,12)24(35)17-15-23(34)16-18-25(36)33(13,14)40-22-20-31(9,10)44-27(38)42-29(4,5)6/h15-22H2,1-14H3. The minimum absolute atomic E-state index is 0.0103. The zero-order valence-electron chi connectivity index (χ0n) is 29.6. The maximum Gasteiger partial charge on any atom is 0.509 e. The van der Waals surface area contributed by atoms with Crippen LogP contribution in [0.5, 0.6) is 0 Å². The second-order valence-electron chi connectivity index (χ2n) is 15.3. The normalized spacial score (nSPS) is 13.2. The Morgan fingerprint density at radius 2 is 0.727 bits per heavy atom. The van der Waals surface area contributed by atoms with E-state index in [-0.39, 0.29) is 56.2 Å². The molecule has 0 rings (SSSR count). The summed E-state index contributed by atoms with van der Waals surface area (Å²) in [5.41, 5.74) is -5.38. The summed E-state index contributed by atoms with van der Waals surface area (Å²) in [5.74, 6) is -0.706. The van der Waals surface area contributed by atoms with Crippen LogP contribution in [0.25, 0.3) is 0 Å². The Bertz CT molecular complexity index is 914. The second-order valence-corrected chi connectivity index (χ2v) is 15.3. The van der Waals surface area contributed by atoms with Gasteiger partial charge in [0.1, 0.15) is 39.4 Å². The van der Waals surface area contributed by atoms with Crippen molar-refractivity contribution < 1.29 is 52.4 Å². The first-order chi connectivity index (χ1) is 19.6. The van der Waals surface area contributed by atoms with Crippen molar-refractivity contribution in [2.24, 2.45) is 0 Å². The lowest BCUT2D eigenvalue weighted by Crippen LogP contribution is -2.39. The Morgan fingerprint density at radius 1 is 0.432 bits per heavy atom. The fourth-order valence-electron chi connectivity index (χ4n) is 3.59. The predicted octanol–water partition coefficient (Wildman–Crippen LogP) is 7.09. The molecule has 0 aliphatic carbocycles. The topological polar surface area (TPSA) is 141 Å². The highest BCUT2D eigenvalue weighted by atomic mass is 16.7. The van der Waals surface area contributed by atoms with Crippen LogP contribution in [0.3, 0.4) is 0 Å². The third-order valence-electron chi connectivity index (χ3n) is 6.44. The lowest BCUT2D eigenvalue weighted by atomic mass is 9.94. The van der Waals surface area contributed by atoms with Gasteiger partial charge in [-0.05, 0) is 96.9 Å². The number of rotatable bonds is 18. The van der Waals surface area contributed by atoms with E-state index >= 15 is 0 Å². The zero-order chi connectivity index (χ0) is 34.8. The van der Waals surface area contributed by atoms with E-state index < -0.39 is 45.9 Å². The molecule has 0 saturated heterocycles. The van der Waals surface area contributed by atoms with Gasteiger partial charge in [0.25, 0.3) is 0 Å². The summed E-state index contributed by atoms with van der Waals surface area (Å²) in [5, 5.41) is 0. The van der Waals surface area contributed by atoms with Crippen molar-refractivity contribution in [1.29, 1.82) is 0 Å². The number of carbonyl (C=O) groups is 5. The molecule has 0 aliphatic rings. The Balaban J connectivity index is 4.59. The molecule has 0 radical (unpaired) electrons. The van der Waals surface area contributed by atoms with E-state index in [1.165, 1.54) is 0 Å². The van der Waals surface area contributed by atoms with Crippen molar-refractivity contribution in [3.63, 3.8) is 0 Å². The number of Topliss-reactive ketones (excluding diaryl/α,β-unsaturated/α-hetero) is 3. The van der Waals surface area contributed by atoms with Crippen LogP contribution in [0.1, 0.15) is 135 Å². The van der Waals surface area contributed by atoms with Gasteiger partial charge in [-0.3, -0.25) is 14.4 Å². The molecule has 0 unspecified atom stereocenters. The van der Waals surface area contributed by atoms with E-state index in [1.807, 2.05) is 0 Å². The molecule has 0 aromatic rings. The molecule has 11 heteroatoms. The molecule has 0 aromatic heterocycles. The Labute approximate surface area is 264 Å². The van der Waals surface area contributed by atoms with Crippen LogP contribution in [0.15, 0.2) is 0 Å². The lowest BCUT2D eigenvalue weighted by Gasteiger charge is -2.29. The highest BCUT2D eigenvalue weighted by Gasteiger charge is 2.33. The van der Waals surface area contributed by atoms with Crippen LogP contribution < -0.4 is 0 Å². The van der Waals surface area contributed by atoms with E-state index in [9.17, 15) is 24.0 Å². The van der Waals surface area contributed by atoms with Gasteiger partial charge in [-0.1, -0.05) is 0 Å². The zero-order valence-corrected chi connectivity index (χ0v) is 29.6. The minimum Gasteiger partial charge on any atom is -0.429 e.